The van der Waals surface area contributed by atoms with E-state index in [-0.39, 0.29) is 11.4 Å². The van der Waals surface area contributed by atoms with Crippen molar-refractivity contribution in [3.8, 4) is 0 Å². The fourth-order valence-electron chi connectivity index (χ4n) is 2.15. The Hall–Kier alpha value is -2.50. The summed E-state index contributed by atoms with van der Waals surface area (Å²) in [6.45, 7) is 3.66. The monoisotopic (exact) mass is 308 g/mol. The molecule has 0 unspecified atom stereocenters. The van der Waals surface area contributed by atoms with Gasteiger partial charge in [-0.3, -0.25) is 4.79 Å². The molecule has 0 saturated heterocycles. The SMILES string of the molecule is Cc1ccc(C(=O)Nc2ccc(N)c(C(F)(F)F)c2)c(C)c1. The Morgan fingerprint density at radius 1 is 1.09 bits per heavy atom. The molecule has 0 aromatic heterocycles. The summed E-state index contributed by atoms with van der Waals surface area (Å²) in [4.78, 5) is 12.2. The molecule has 0 aliphatic heterocycles. The highest BCUT2D eigenvalue weighted by Gasteiger charge is 2.33. The maximum atomic E-state index is 12.8. The van der Waals surface area contributed by atoms with E-state index in [0.717, 1.165) is 23.3 Å². The van der Waals surface area contributed by atoms with E-state index in [0.29, 0.717) is 5.56 Å². The van der Waals surface area contributed by atoms with Crippen LogP contribution in [-0.4, -0.2) is 5.91 Å². The van der Waals surface area contributed by atoms with Crippen LogP contribution in [0.25, 0.3) is 0 Å². The van der Waals surface area contributed by atoms with Gasteiger partial charge in [-0.05, 0) is 43.7 Å². The minimum atomic E-state index is -4.56. The lowest BCUT2D eigenvalue weighted by molar-refractivity contribution is -0.136. The van der Waals surface area contributed by atoms with E-state index < -0.39 is 17.6 Å². The van der Waals surface area contributed by atoms with Crippen molar-refractivity contribution in [2.45, 2.75) is 20.0 Å². The number of carbonyl (C=O) groups is 1. The average molecular weight is 308 g/mol. The largest absolute Gasteiger partial charge is 0.418 e. The highest BCUT2D eigenvalue weighted by Crippen LogP contribution is 2.35. The van der Waals surface area contributed by atoms with E-state index >= 15 is 0 Å². The molecule has 2 rings (SSSR count). The number of nitrogen functional groups attached to an aromatic ring is 1. The minimum Gasteiger partial charge on any atom is -0.398 e. The number of hydrogen-bond donors (Lipinski definition) is 2. The van der Waals surface area contributed by atoms with Crippen LogP contribution in [0.15, 0.2) is 36.4 Å². The normalized spacial score (nSPS) is 11.3. The Kier molecular flexibility index (Phi) is 4.12. The molecule has 0 fully saturated rings. The number of hydrogen-bond acceptors (Lipinski definition) is 2. The summed E-state index contributed by atoms with van der Waals surface area (Å²) in [5.74, 6) is -0.463. The molecule has 2 aromatic carbocycles. The van der Waals surface area contributed by atoms with E-state index in [9.17, 15) is 18.0 Å². The fraction of sp³-hybridized carbons (Fsp3) is 0.188. The van der Waals surface area contributed by atoms with Gasteiger partial charge in [0.2, 0.25) is 0 Å². The molecule has 0 aliphatic rings. The molecule has 0 spiro atoms. The molecule has 0 aliphatic carbocycles. The van der Waals surface area contributed by atoms with Crippen molar-refractivity contribution in [1.82, 2.24) is 0 Å². The summed E-state index contributed by atoms with van der Waals surface area (Å²) in [5.41, 5.74) is 6.20. The predicted molar refractivity (Wildman–Crippen MR) is 79.7 cm³/mol. The third-order valence-corrected chi connectivity index (χ3v) is 3.24. The number of amides is 1. The van der Waals surface area contributed by atoms with E-state index in [1.54, 1.807) is 19.1 Å². The Morgan fingerprint density at radius 3 is 2.36 bits per heavy atom. The van der Waals surface area contributed by atoms with E-state index in [1.165, 1.54) is 6.07 Å². The molecule has 1 amide bonds. The van der Waals surface area contributed by atoms with Crippen LogP contribution in [0.2, 0.25) is 0 Å². The van der Waals surface area contributed by atoms with Crippen molar-refractivity contribution >= 4 is 17.3 Å². The van der Waals surface area contributed by atoms with Crippen LogP contribution in [0.1, 0.15) is 27.0 Å². The number of anilines is 2. The van der Waals surface area contributed by atoms with Crippen LogP contribution in [0.5, 0.6) is 0 Å². The smallest absolute Gasteiger partial charge is 0.398 e. The maximum absolute atomic E-state index is 12.8. The molecular formula is C16H15F3N2O. The lowest BCUT2D eigenvalue weighted by Crippen LogP contribution is -2.15. The first kappa shape index (κ1) is 15.9. The number of nitrogens with one attached hydrogen (secondary N) is 1. The summed E-state index contributed by atoms with van der Waals surface area (Å²) in [5, 5.41) is 2.46. The van der Waals surface area contributed by atoms with Gasteiger partial charge in [-0.1, -0.05) is 17.7 Å². The van der Waals surface area contributed by atoms with Crippen molar-refractivity contribution < 1.29 is 18.0 Å². The van der Waals surface area contributed by atoms with Crippen LogP contribution in [0.3, 0.4) is 0 Å². The zero-order valence-corrected chi connectivity index (χ0v) is 12.1. The Bertz CT molecular complexity index is 724. The van der Waals surface area contributed by atoms with Crippen LogP contribution in [0, 0.1) is 13.8 Å². The second-order valence-corrected chi connectivity index (χ2v) is 5.07. The van der Waals surface area contributed by atoms with E-state index in [1.807, 2.05) is 13.0 Å². The highest BCUT2D eigenvalue weighted by molar-refractivity contribution is 6.05. The number of rotatable bonds is 2. The zero-order chi connectivity index (χ0) is 16.5. The molecule has 2 aromatic rings. The molecule has 0 heterocycles. The number of halogens is 3. The summed E-state index contributed by atoms with van der Waals surface area (Å²) in [7, 11) is 0. The number of benzene rings is 2. The quantitative estimate of drug-likeness (QED) is 0.819. The van der Waals surface area contributed by atoms with Crippen LogP contribution < -0.4 is 11.1 Å². The topological polar surface area (TPSA) is 55.1 Å². The predicted octanol–water partition coefficient (Wildman–Crippen LogP) is 4.16. The first-order chi connectivity index (χ1) is 10.2. The van der Waals surface area contributed by atoms with Gasteiger partial charge in [0, 0.05) is 16.9 Å². The Balaban J connectivity index is 2.29. The first-order valence-electron chi connectivity index (χ1n) is 6.54. The number of carbonyl (C=O) groups excluding carboxylic acids is 1. The maximum Gasteiger partial charge on any atom is 0.418 e. The lowest BCUT2D eigenvalue weighted by atomic mass is 10.0. The number of alkyl halides is 3. The van der Waals surface area contributed by atoms with E-state index in [2.05, 4.69) is 5.32 Å². The third-order valence-electron chi connectivity index (χ3n) is 3.24. The van der Waals surface area contributed by atoms with Crippen molar-refractivity contribution in [3.63, 3.8) is 0 Å². The lowest BCUT2D eigenvalue weighted by Gasteiger charge is -2.13. The summed E-state index contributed by atoms with van der Waals surface area (Å²) in [6, 6.07) is 8.54. The van der Waals surface area contributed by atoms with Crippen molar-refractivity contribution in [3.05, 3.63) is 58.7 Å². The first-order valence-corrected chi connectivity index (χ1v) is 6.54. The standard InChI is InChI=1S/C16H15F3N2O/c1-9-3-5-12(10(2)7-9)15(22)21-11-4-6-14(20)13(8-11)16(17,18)19/h3-8H,20H2,1-2H3,(H,21,22). The van der Waals surface area contributed by atoms with Gasteiger partial charge < -0.3 is 11.1 Å². The van der Waals surface area contributed by atoms with Crippen LogP contribution >= 0.6 is 0 Å². The summed E-state index contributed by atoms with van der Waals surface area (Å²) in [6.07, 6.45) is -4.56. The van der Waals surface area contributed by atoms with Crippen molar-refractivity contribution in [2.24, 2.45) is 0 Å². The second kappa shape index (κ2) is 5.71. The van der Waals surface area contributed by atoms with Crippen LogP contribution in [-0.2, 0) is 6.18 Å². The minimum absolute atomic E-state index is 0.0477. The van der Waals surface area contributed by atoms with E-state index in [4.69, 9.17) is 5.73 Å². The molecule has 0 atom stereocenters. The number of aryl methyl sites for hydroxylation is 2. The fourth-order valence-corrected chi connectivity index (χ4v) is 2.15. The number of nitrogens with two attached hydrogens (primary N) is 1. The molecule has 3 N–H and O–H groups in total. The molecule has 22 heavy (non-hydrogen) atoms. The zero-order valence-electron chi connectivity index (χ0n) is 12.1. The molecule has 6 heteroatoms. The Morgan fingerprint density at radius 2 is 1.77 bits per heavy atom. The Labute approximate surface area is 125 Å². The van der Waals surface area contributed by atoms with Gasteiger partial charge in [-0.2, -0.15) is 13.2 Å². The molecule has 0 saturated carbocycles. The molecule has 0 bridgehead atoms. The summed E-state index contributed by atoms with van der Waals surface area (Å²) < 4.78 is 38.4. The van der Waals surface area contributed by atoms with Crippen LogP contribution in [0.4, 0.5) is 24.5 Å². The summed E-state index contributed by atoms with van der Waals surface area (Å²) >= 11 is 0. The van der Waals surface area contributed by atoms with Gasteiger partial charge in [-0.15, -0.1) is 0 Å². The average Bonchev–Trinajstić information content (AvgIpc) is 2.39. The molecule has 116 valence electrons. The molecule has 0 radical (unpaired) electrons. The molecular weight excluding hydrogens is 293 g/mol. The van der Waals surface area contributed by atoms with Gasteiger partial charge >= 0.3 is 6.18 Å². The third kappa shape index (κ3) is 3.39. The second-order valence-electron chi connectivity index (χ2n) is 5.07. The van der Waals surface area contributed by atoms with Gasteiger partial charge in [0.15, 0.2) is 0 Å². The van der Waals surface area contributed by atoms with Crippen molar-refractivity contribution in [1.29, 1.82) is 0 Å². The van der Waals surface area contributed by atoms with Gasteiger partial charge in [-0.25, -0.2) is 0 Å². The molecule has 3 nitrogen and oxygen atoms in total. The van der Waals surface area contributed by atoms with Crippen molar-refractivity contribution in [2.75, 3.05) is 11.1 Å². The van der Waals surface area contributed by atoms with Gasteiger partial charge in [0.05, 0.1) is 5.56 Å². The van der Waals surface area contributed by atoms with Gasteiger partial charge in [0.25, 0.3) is 5.91 Å². The highest BCUT2D eigenvalue weighted by atomic mass is 19.4. The van der Waals surface area contributed by atoms with Gasteiger partial charge in [0.1, 0.15) is 0 Å².